The molecule has 0 bridgehead atoms. The number of carboxylic acid groups (broad SMARTS) is 2. The van der Waals surface area contributed by atoms with Crippen molar-refractivity contribution in [2.75, 3.05) is 23.7 Å². The van der Waals surface area contributed by atoms with E-state index in [2.05, 4.69) is 17.0 Å². The van der Waals surface area contributed by atoms with Crippen LogP contribution in [0.5, 0.6) is 0 Å². The molecule has 0 aliphatic carbocycles. The van der Waals surface area contributed by atoms with Crippen LogP contribution in [0.25, 0.3) is 11.0 Å². The number of thiocarbonyl (C=S) groups is 1. The van der Waals surface area contributed by atoms with Crippen molar-refractivity contribution in [3.63, 3.8) is 0 Å². The Morgan fingerprint density at radius 3 is 2.33 bits per heavy atom. The zero-order chi connectivity index (χ0) is 33.2. The largest absolute Gasteiger partial charge is 1.00 e. The van der Waals surface area contributed by atoms with Gasteiger partial charge in [-0.25, -0.2) is 8.42 Å². The molecule has 13 nitrogen and oxygen atoms in total. The Hall–Kier alpha value is -2.00. The second-order valence-electron chi connectivity index (χ2n) is 10.2. The van der Waals surface area contributed by atoms with E-state index in [0.717, 1.165) is 41.8 Å². The number of allylic oxidation sites excluding steroid dienone is 3. The van der Waals surface area contributed by atoms with Gasteiger partial charge in [-0.2, -0.15) is 0 Å². The van der Waals surface area contributed by atoms with Crippen molar-refractivity contribution in [1.29, 1.82) is 0 Å². The molecule has 1 amide bonds. The van der Waals surface area contributed by atoms with Gasteiger partial charge in [0.15, 0.2) is 5.42 Å². The molecule has 0 radical (unpaired) electrons. The van der Waals surface area contributed by atoms with Crippen LogP contribution in [0, 0.1) is 13.8 Å². The predicted molar refractivity (Wildman–Crippen MR) is 172 cm³/mol. The third kappa shape index (κ3) is 9.12. The number of aromatic nitrogens is 1. The number of carbonyl (C=O) groups excluding carboxylic acids is 1. The number of aryl methyl sites for hydroxylation is 2. The topological polar surface area (TPSA) is 190 Å². The average Bonchev–Trinajstić information content (AvgIpc) is 3.53. The molecule has 0 unspecified atom stereocenters. The first-order valence-electron chi connectivity index (χ1n) is 13.4. The van der Waals surface area contributed by atoms with E-state index in [4.69, 9.17) is 21.7 Å². The summed E-state index contributed by atoms with van der Waals surface area (Å²) in [5.41, 5.74) is 2.53. The Morgan fingerprint density at radius 1 is 1.04 bits per heavy atom. The number of amides is 1. The summed E-state index contributed by atoms with van der Waals surface area (Å²) in [4.78, 5) is 52.4. The molecule has 1 aromatic heterocycles. The van der Waals surface area contributed by atoms with Crippen molar-refractivity contribution in [1.82, 2.24) is 9.47 Å². The van der Waals surface area contributed by atoms with E-state index >= 15 is 0 Å². The summed E-state index contributed by atoms with van der Waals surface area (Å²) in [5.74, 6) is -3.93. The molecule has 2 aliphatic heterocycles. The first-order chi connectivity index (χ1) is 21.1. The van der Waals surface area contributed by atoms with Gasteiger partial charge in [0.1, 0.15) is 22.3 Å². The molecule has 1 fully saturated rings. The maximum absolute atomic E-state index is 13.1. The number of fused-ring (bicyclic) bond motifs is 1. The number of unbranched alkanes of at least 4 members (excludes halogenated alkanes) is 1. The third-order valence-electron chi connectivity index (χ3n) is 6.81. The SMILES string of the molecule is CC(/C=C/C=c1\o/c(=C2/SC(=S)N(CC(=O)O)C2=O)n(CC(=O)O)c1=O)=C1\Sc2cc(C)c(C)cc2N1CCCCS(=O)(=O)[O-].[K+]. The van der Waals surface area contributed by atoms with E-state index in [0.29, 0.717) is 24.7 Å². The first-order valence-corrected chi connectivity index (χ1v) is 17.0. The molecule has 2 aliphatic rings. The molecule has 1 saturated heterocycles. The summed E-state index contributed by atoms with van der Waals surface area (Å²) in [6, 6.07) is 4.12. The Labute approximate surface area is 320 Å². The molecule has 3 heterocycles. The fourth-order valence-electron chi connectivity index (χ4n) is 4.53. The van der Waals surface area contributed by atoms with Crippen LogP contribution in [-0.2, 0) is 31.0 Å². The van der Waals surface area contributed by atoms with Crippen molar-refractivity contribution < 1.29 is 93.4 Å². The molecule has 46 heavy (non-hydrogen) atoms. The van der Waals surface area contributed by atoms with Crippen LogP contribution in [0.3, 0.4) is 0 Å². The summed E-state index contributed by atoms with van der Waals surface area (Å²) in [6.45, 7) is 4.81. The number of oxazole rings is 1. The molecule has 240 valence electrons. The summed E-state index contributed by atoms with van der Waals surface area (Å²) < 4.78 is 39.6. The number of aliphatic carboxylic acids is 2. The number of carboxylic acids is 2. The Balaban J connectivity index is 0.00000576. The molecule has 0 atom stereocenters. The van der Waals surface area contributed by atoms with Crippen LogP contribution in [-0.4, -0.2) is 73.7 Å². The van der Waals surface area contributed by atoms with Crippen molar-refractivity contribution in [3.8, 4) is 0 Å². The third-order valence-corrected chi connectivity index (χ3v) is 10.3. The number of hydrogen-bond donors (Lipinski definition) is 2. The van der Waals surface area contributed by atoms with Gasteiger partial charge in [0.25, 0.3) is 11.5 Å². The van der Waals surface area contributed by atoms with Gasteiger partial charge >= 0.3 is 63.3 Å². The van der Waals surface area contributed by atoms with E-state index in [1.54, 1.807) is 6.08 Å². The molecule has 0 saturated carbocycles. The number of thioether (sulfide) groups is 2. The second kappa shape index (κ2) is 15.9. The minimum atomic E-state index is -4.32. The molecule has 4 rings (SSSR count). The van der Waals surface area contributed by atoms with Crippen LogP contribution >= 0.6 is 35.7 Å². The van der Waals surface area contributed by atoms with Gasteiger partial charge in [0, 0.05) is 17.2 Å². The summed E-state index contributed by atoms with van der Waals surface area (Å²) in [6.07, 6.45) is 5.26. The van der Waals surface area contributed by atoms with Crippen LogP contribution < -0.4 is 72.8 Å². The molecule has 2 N–H and O–H groups in total. The molecule has 2 aromatic rings. The second-order valence-corrected chi connectivity index (χ2v) is 14.4. The zero-order valence-corrected chi connectivity index (χ0v) is 31.7. The van der Waals surface area contributed by atoms with Crippen LogP contribution in [0.4, 0.5) is 5.69 Å². The maximum Gasteiger partial charge on any atom is 1.00 e. The first kappa shape index (κ1) is 38.4. The minimum Gasteiger partial charge on any atom is -0.748 e. The average molecular weight is 734 g/mol. The van der Waals surface area contributed by atoms with Gasteiger partial charge in [0.2, 0.25) is 5.55 Å². The Morgan fingerprint density at radius 2 is 1.70 bits per heavy atom. The van der Waals surface area contributed by atoms with Gasteiger partial charge in [-0.3, -0.25) is 28.6 Å². The van der Waals surface area contributed by atoms with Crippen LogP contribution in [0.2, 0.25) is 0 Å². The quantitative estimate of drug-likeness (QED) is 0.120. The summed E-state index contributed by atoms with van der Waals surface area (Å²) in [5, 5.41) is 19.3. The fraction of sp³-hybridized carbons (Fsp3) is 0.321. The van der Waals surface area contributed by atoms with Crippen LogP contribution in [0.15, 0.2) is 49.0 Å². The maximum atomic E-state index is 13.1. The number of rotatable bonds is 11. The van der Waals surface area contributed by atoms with E-state index < -0.39 is 52.4 Å². The molecular formula is C28H28KN3O10S4. The monoisotopic (exact) mass is 733 g/mol. The Kier molecular flexibility index (Phi) is 13.3. The van der Waals surface area contributed by atoms with E-state index in [9.17, 15) is 37.3 Å². The smallest absolute Gasteiger partial charge is 0.748 e. The standard InChI is InChI=1S/C28H29N3O10S4.K/c1-15(27-29(9-4-5-10-45(38,39)40)18-11-16(2)17(3)12-20(18)43-27)7-6-8-19-24(36)30(13-21(32)33)26(41-19)23-25(37)31(14-22(34)35)28(42)44-23;/h6-8,11-12H,4-5,9-10,13-14H2,1-3H3,(H,32,33)(H,34,35)(H,38,39,40);/q;+1/p-1/b7-6+,19-8-,26-23+,27-15+;. The normalized spacial score (nSPS) is 17.6. The predicted octanol–water partition coefficient (Wildman–Crippen LogP) is -1.29. The molecule has 18 heteroatoms. The minimum absolute atomic E-state index is 0. The molecular weight excluding hydrogens is 706 g/mol. The number of hydrogen-bond acceptors (Lipinski definition) is 12. The van der Waals surface area contributed by atoms with E-state index in [1.165, 1.54) is 23.9 Å². The summed E-state index contributed by atoms with van der Waals surface area (Å²) in [7, 11) is -4.32. The zero-order valence-electron chi connectivity index (χ0n) is 25.3. The van der Waals surface area contributed by atoms with E-state index in [1.807, 2.05) is 20.8 Å². The van der Waals surface area contributed by atoms with Crippen molar-refractivity contribution in [2.24, 2.45) is 0 Å². The number of benzene rings is 1. The van der Waals surface area contributed by atoms with Gasteiger partial charge < -0.3 is 24.1 Å². The van der Waals surface area contributed by atoms with Gasteiger partial charge in [0.05, 0.1) is 20.8 Å². The van der Waals surface area contributed by atoms with Gasteiger partial charge in [-0.1, -0.05) is 36.1 Å². The molecule has 0 spiro atoms. The van der Waals surface area contributed by atoms with Crippen molar-refractivity contribution in [2.45, 2.75) is 45.1 Å². The molecule has 1 aromatic carbocycles. The van der Waals surface area contributed by atoms with Crippen LogP contribution in [0.1, 0.15) is 30.9 Å². The number of carbonyl (C=O) groups is 3. The fourth-order valence-corrected chi connectivity index (χ4v) is 7.60. The van der Waals surface area contributed by atoms with Crippen molar-refractivity contribution in [3.05, 3.63) is 67.3 Å². The number of nitrogens with zero attached hydrogens (tertiary/aromatic N) is 3. The van der Waals surface area contributed by atoms with Gasteiger partial charge in [-0.15, -0.1) is 0 Å². The van der Waals surface area contributed by atoms with Crippen molar-refractivity contribution >= 4 is 84.7 Å². The van der Waals surface area contributed by atoms with E-state index in [-0.39, 0.29) is 78.0 Å². The summed E-state index contributed by atoms with van der Waals surface area (Å²) >= 11 is 7.34. The number of anilines is 1. The van der Waals surface area contributed by atoms with Gasteiger partial charge in [-0.05, 0) is 80.3 Å². The Bertz CT molecular complexity index is 1960.